The Morgan fingerprint density at radius 2 is 1.50 bits per heavy atom. The number of hydrogen-bond donors (Lipinski definition) is 0. The maximum absolute atomic E-state index is 13.1. The largest absolute Gasteiger partial charge is 0.450 e. The van der Waals surface area contributed by atoms with Gasteiger partial charge in [0.05, 0.1) is 0 Å². The molecule has 148 valence electrons. The summed E-state index contributed by atoms with van der Waals surface area (Å²) in [5.41, 5.74) is 0.274. The first kappa shape index (κ1) is 18.8. The Hall–Kier alpha value is -1.23. The Labute approximate surface area is 178 Å². The number of carbonyl (C=O) groups is 2. The topological polar surface area (TPSA) is 52.6 Å². The highest BCUT2D eigenvalue weighted by Gasteiger charge is 2.64. The van der Waals surface area contributed by atoms with Gasteiger partial charge in [0, 0.05) is 17.4 Å². The zero-order valence-electron chi connectivity index (χ0n) is 15.0. The molecule has 4 bridgehead atoms. The van der Waals surface area contributed by atoms with Crippen LogP contribution in [0.3, 0.4) is 0 Å². The molecule has 0 N–H and O–H groups in total. The van der Waals surface area contributed by atoms with Gasteiger partial charge < -0.3 is 9.47 Å². The number of alkyl halides is 3. The van der Waals surface area contributed by atoms with E-state index in [-0.39, 0.29) is 23.2 Å². The summed E-state index contributed by atoms with van der Waals surface area (Å²) in [4.78, 5) is 25.9. The van der Waals surface area contributed by atoms with Gasteiger partial charge in [-0.3, -0.25) is 4.79 Å². The second kappa shape index (κ2) is 6.38. The van der Waals surface area contributed by atoms with Gasteiger partial charge in [0.2, 0.25) is 5.78 Å². The molecule has 4 fully saturated rings. The lowest BCUT2D eigenvalue weighted by Gasteiger charge is -2.60. The van der Waals surface area contributed by atoms with Gasteiger partial charge in [-0.05, 0) is 43.9 Å². The zero-order valence-corrected chi connectivity index (χ0v) is 17.3. The molecule has 6 rings (SSSR count). The first-order chi connectivity index (χ1) is 13.3. The van der Waals surface area contributed by atoms with Crippen LogP contribution >= 0.6 is 34.8 Å². The lowest BCUT2D eigenvalue weighted by Crippen LogP contribution is -2.62. The van der Waals surface area contributed by atoms with E-state index in [4.69, 9.17) is 44.3 Å². The van der Waals surface area contributed by atoms with Crippen molar-refractivity contribution in [3.8, 4) is 0 Å². The molecule has 1 spiro atoms. The Balaban J connectivity index is 1.63. The summed E-state index contributed by atoms with van der Waals surface area (Å²) in [5, 5.41) is 0. The molecule has 4 aliphatic carbocycles. The third kappa shape index (κ3) is 2.79. The fraction of sp³-hybridized carbons (Fsp3) is 0.524. The van der Waals surface area contributed by atoms with Crippen LogP contribution in [0.15, 0.2) is 35.9 Å². The molecular formula is C21H19Cl3O4. The lowest BCUT2D eigenvalue weighted by atomic mass is 9.53. The maximum atomic E-state index is 13.1. The number of ether oxygens (including phenoxy) is 2. The van der Waals surface area contributed by atoms with Gasteiger partial charge in [-0.1, -0.05) is 65.1 Å². The second-order valence-corrected chi connectivity index (χ2v) is 10.7. The quantitative estimate of drug-likeness (QED) is 0.365. The Kier molecular flexibility index (Phi) is 4.28. The number of rotatable bonds is 2. The van der Waals surface area contributed by atoms with Crippen LogP contribution in [0.2, 0.25) is 0 Å². The van der Waals surface area contributed by atoms with Gasteiger partial charge in [-0.2, -0.15) is 0 Å². The number of carbonyl (C=O) groups excluding carboxylic acids is 2. The van der Waals surface area contributed by atoms with Gasteiger partial charge in [0.1, 0.15) is 11.3 Å². The number of ketones is 1. The normalized spacial score (nSPS) is 36.5. The summed E-state index contributed by atoms with van der Waals surface area (Å²) >= 11 is 17.5. The van der Waals surface area contributed by atoms with E-state index >= 15 is 0 Å². The highest BCUT2D eigenvalue weighted by atomic mass is 35.6. The molecule has 5 aliphatic rings. The van der Waals surface area contributed by atoms with Crippen molar-refractivity contribution in [1.29, 1.82) is 0 Å². The molecule has 1 aliphatic heterocycles. The summed E-state index contributed by atoms with van der Waals surface area (Å²) in [6.45, 7) is 0. The SMILES string of the molecule is O=C1OC2(OC(c3ccccc3)=C1C(=O)C(Cl)(Cl)Cl)C1CC3CC(C1)CC2C3. The number of Topliss-reactive ketones (excluding diaryl/α,β-unsaturated/α-hetero) is 1. The molecule has 0 amide bonds. The standard InChI is InChI=1S/C21H19Cl3O4/c22-21(23,24)18(25)16-17(13-4-2-1-3-5-13)27-20(28-19(16)26)14-7-11-6-12(9-14)10-15(20)8-11/h1-5,11-12,14-15H,6-10H2. The van der Waals surface area contributed by atoms with Gasteiger partial charge in [-0.25, -0.2) is 4.79 Å². The van der Waals surface area contributed by atoms with Gasteiger partial charge in [0.25, 0.3) is 9.58 Å². The molecule has 1 aromatic rings. The minimum atomic E-state index is -2.27. The molecular weight excluding hydrogens is 423 g/mol. The molecule has 0 radical (unpaired) electrons. The highest BCUT2D eigenvalue weighted by molar-refractivity contribution is 6.78. The van der Waals surface area contributed by atoms with Crippen LogP contribution in [0.25, 0.3) is 5.76 Å². The highest BCUT2D eigenvalue weighted by Crippen LogP contribution is 2.62. The number of benzene rings is 1. The first-order valence-corrected chi connectivity index (χ1v) is 10.7. The van der Waals surface area contributed by atoms with Crippen LogP contribution in [0, 0.1) is 23.7 Å². The van der Waals surface area contributed by atoms with E-state index in [0.717, 1.165) is 25.7 Å². The van der Waals surface area contributed by atoms with Crippen LogP contribution in [-0.4, -0.2) is 21.3 Å². The molecule has 7 heteroatoms. The van der Waals surface area contributed by atoms with E-state index in [1.807, 2.05) is 18.2 Å². The van der Waals surface area contributed by atoms with Gasteiger partial charge in [0.15, 0.2) is 0 Å². The molecule has 0 aromatic heterocycles. The van der Waals surface area contributed by atoms with Crippen molar-refractivity contribution in [2.24, 2.45) is 23.7 Å². The van der Waals surface area contributed by atoms with E-state index in [2.05, 4.69) is 0 Å². The van der Waals surface area contributed by atoms with Crippen molar-refractivity contribution in [2.45, 2.75) is 41.7 Å². The summed E-state index contributed by atoms with van der Waals surface area (Å²) in [7, 11) is 0. The van der Waals surface area contributed by atoms with Crippen LogP contribution in [0.1, 0.15) is 37.7 Å². The Bertz CT molecular complexity index is 843. The molecule has 0 saturated heterocycles. The predicted octanol–water partition coefficient (Wildman–Crippen LogP) is 5.06. The first-order valence-electron chi connectivity index (χ1n) is 9.61. The lowest BCUT2D eigenvalue weighted by molar-refractivity contribution is -0.301. The summed E-state index contributed by atoms with van der Waals surface area (Å²) in [6, 6.07) is 9.03. The molecule has 1 heterocycles. The van der Waals surface area contributed by atoms with E-state index in [1.54, 1.807) is 12.1 Å². The number of esters is 1. The maximum Gasteiger partial charge on any atom is 0.349 e. The van der Waals surface area contributed by atoms with E-state index in [9.17, 15) is 9.59 Å². The molecule has 4 saturated carbocycles. The van der Waals surface area contributed by atoms with Crippen molar-refractivity contribution in [3.05, 3.63) is 41.5 Å². The smallest absolute Gasteiger partial charge is 0.349 e. The minimum absolute atomic E-state index is 0.135. The number of hydrogen-bond acceptors (Lipinski definition) is 4. The molecule has 28 heavy (non-hydrogen) atoms. The van der Waals surface area contributed by atoms with E-state index < -0.39 is 21.3 Å². The van der Waals surface area contributed by atoms with Crippen LogP contribution in [-0.2, 0) is 19.1 Å². The van der Waals surface area contributed by atoms with Crippen molar-refractivity contribution in [2.75, 3.05) is 0 Å². The van der Waals surface area contributed by atoms with Gasteiger partial charge in [-0.15, -0.1) is 0 Å². The van der Waals surface area contributed by atoms with E-state index in [1.165, 1.54) is 6.42 Å². The van der Waals surface area contributed by atoms with Crippen LogP contribution in [0.5, 0.6) is 0 Å². The Morgan fingerprint density at radius 1 is 0.929 bits per heavy atom. The van der Waals surface area contributed by atoms with Crippen molar-refractivity contribution < 1.29 is 19.1 Å². The second-order valence-electron chi connectivity index (χ2n) is 8.41. The average Bonchev–Trinajstić information content (AvgIpc) is 2.64. The van der Waals surface area contributed by atoms with Crippen molar-refractivity contribution >= 4 is 52.3 Å². The zero-order chi connectivity index (χ0) is 19.7. The molecule has 0 atom stereocenters. The van der Waals surface area contributed by atoms with Crippen molar-refractivity contribution in [1.82, 2.24) is 0 Å². The van der Waals surface area contributed by atoms with Crippen LogP contribution < -0.4 is 0 Å². The molecule has 1 aromatic carbocycles. The summed E-state index contributed by atoms with van der Waals surface area (Å²) in [6.07, 6.45) is 5.19. The summed E-state index contributed by atoms with van der Waals surface area (Å²) < 4.78 is 10.1. The third-order valence-corrected chi connectivity index (χ3v) is 7.26. The van der Waals surface area contributed by atoms with Crippen LogP contribution in [0.4, 0.5) is 0 Å². The molecule has 0 unspecified atom stereocenters. The van der Waals surface area contributed by atoms with E-state index in [0.29, 0.717) is 17.4 Å². The fourth-order valence-corrected chi connectivity index (χ4v) is 6.11. The molecule has 4 nitrogen and oxygen atoms in total. The Morgan fingerprint density at radius 3 is 2.04 bits per heavy atom. The average molecular weight is 442 g/mol. The predicted molar refractivity (Wildman–Crippen MR) is 106 cm³/mol. The third-order valence-electron chi connectivity index (χ3n) is 6.74. The fourth-order valence-electron chi connectivity index (χ4n) is 5.82. The number of halogens is 3. The monoisotopic (exact) mass is 440 g/mol. The van der Waals surface area contributed by atoms with Crippen molar-refractivity contribution in [3.63, 3.8) is 0 Å². The summed E-state index contributed by atoms with van der Waals surface area (Å²) in [5.74, 6) is -0.929. The minimum Gasteiger partial charge on any atom is -0.450 e. The van der Waals surface area contributed by atoms with Gasteiger partial charge >= 0.3 is 5.97 Å².